The molecule has 7 heteroatoms. The topological polar surface area (TPSA) is 58.6 Å². The number of hydrogen-bond acceptors (Lipinski definition) is 3. The van der Waals surface area contributed by atoms with Crippen LogP contribution in [0.15, 0.2) is 91.0 Å². The van der Waals surface area contributed by atoms with E-state index in [1.165, 1.54) is 32.6 Å². The van der Waals surface area contributed by atoms with Crippen molar-refractivity contribution in [3.63, 3.8) is 0 Å². The summed E-state index contributed by atoms with van der Waals surface area (Å²) in [4.78, 5) is 13.3. The maximum absolute atomic E-state index is 13.3. The maximum atomic E-state index is 13.3. The Morgan fingerprint density at radius 1 is 0.816 bits per heavy atom. The lowest BCUT2D eigenvalue weighted by molar-refractivity contribution is -0.115. The number of fused-ring (bicyclic) bond motifs is 1. The van der Waals surface area contributed by atoms with Gasteiger partial charge in [0.1, 0.15) is 23.2 Å². The van der Waals surface area contributed by atoms with E-state index in [1.807, 2.05) is 18.2 Å². The number of halogens is 1. The van der Waals surface area contributed by atoms with Crippen LogP contribution >= 0.6 is 7.26 Å². The molecule has 1 aliphatic heterocycles. The van der Waals surface area contributed by atoms with E-state index in [4.69, 9.17) is 4.65 Å². The zero-order valence-corrected chi connectivity index (χ0v) is 24.4. The van der Waals surface area contributed by atoms with Crippen molar-refractivity contribution < 1.29 is 31.5 Å². The normalized spacial score (nSPS) is 12.6. The number of amides is 1. The summed E-state index contributed by atoms with van der Waals surface area (Å²) in [5, 5.41) is 16.9. The molecular formula is C31H32BBrNO3P. The SMILES string of the molecule is Cc1ccc([P+](CCC(=O)Nc2ccc3c(c2)B(O)OC3)(c2ccc(C)cc2)c2ccc(C)cc2)cc1.[Br-]. The molecule has 1 amide bonds. The molecule has 0 saturated heterocycles. The quantitative estimate of drug-likeness (QED) is 0.252. The van der Waals surface area contributed by atoms with Crippen LogP contribution in [0.25, 0.3) is 0 Å². The van der Waals surface area contributed by atoms with Gasteiger partial charge >= 0.3 is 7.12 Å². The van der Waals surface area contributed by atoms with Crippen LogP contribution in [-0.2, 0) is 16.1 Å². The molecule has 0 fully saturated rings. The molecule has 4 aromatic carbocycles. The summed E-state index contributed by atoms with van der Waals surface area (Å²) in [7, 11) is -3.05. The Hall–Kier alpha value is -2.76. The number of aryl methyl sites for hydroxylation is 3. The van der Waals surface area contributed by atoms with Gasteiger partial charge in [-0.2, -0.15) is 0 Å². The van der Waals surface area contributed by atoms with Gasteiger partial charge in [0.15, 0.2) is 0 Å². The van der Waals surface area contributed by atoms with E-state index < -0.39 is 14.4 Å². The van der Waals surface area contributed by atoms with Crippen molar-refractivity contribution in [2.24, 2.45) is 0 Å². The van der Waals surface area contributed by atoms with Gasteiger partial charge in [0, 0.05) is 5.69 Å². The van der Waals surface area contributed by atoms with E-state index in [0.29, 0.717) is 24.9 Å². The average molecular weight is 588 g/mol. The first-order valence-electron chi connectivity index (χ1n) is 12.7. The first-order chi connectivity index (χ1) is 17.8. The lowest BCUT2D eigenvalue weighted by Gasteiger charge is -2.28. The molecule has 5 rings (SSSR count). The second-order valence-corrected chi connectivity index (χ2v) is 13.5. The highest BCUT2D eigenvalue weighted by Crippen LogP contribution is 2.56. The molecule has 38 heavy (non-hydrogen) atoms. The predicted molar refractivity (Wildman–Crippen MR) is 156 cm³/mol. The smallest absolute Gasteiger partial charge is 0.491 e. The summed E-state index contributed by atoms with van der Waals surface area (Å²) in [5.74, 6) is -0.0379. The second-order valence-electron chi connectivity index (χ2n) is 9.92. The maximum Gasteiger partial charge on any atom is 0.491 e. The highest BCUT2D eigenvalue weighted by Gasteiger charge is 2.45. The fourth-order valence-electron chi connectivity index (χ4n) is 5.02. The fourth-order valence-corrected chi connectivity index (χ4v) is 9.20. The van der Waals surface area contributed by atoms with E-state index in [9.17, 15) is 9.82 Å². The third-order valence-electron chi connectivity index (χ3n) is 7.19. The Labute approximate surface area is 236 Å². The van der Waals surface area contributed by atoms with Gasteiger partial charge in [-0.25, -0.2) is 0 Å². The standard InChI is InChI=1S/C31H31BNO3P.BrH/c1-22-4-12-27(13-5-22)37(28-14-6-23(2)7-15-28,29-16-8-24(3)9-17-29)19-18-31(34)33-26-11-10-25-21-36-32(35)30(25)20-26;/h4-17,20,35H,18-19,21H2,1-3H3;1H. The first kappa shape index (κ1) is 28.3. The third-order valence-corrected chi connectivity index (χ3v) is 11.6. The highest BCUT2D eigenvalue weighted by molar-refractivity contribution is 7.95. The Bertz CT molecular complexity index is 1300. The zero-order valence-electron chi connectivity index (χ0n) is 21.9. The molecule has 0 radical (unpaired) electrons. The fraction of sp³-hybridized carbons (Fsp3) is 0.194. The molecule has 0 aliphatic carbocycles. The molecule has 194 valence electrons. The van der Waals surface area contributed by atoms with Crippen molar-refractivity contribution in [1.29, 1.82) is 0 Å². The van der Waals surface area contributed by atoms with Crippen molar-refractivity contribution >= 4 is 47.4 Å². The van der Waals surface area contributed by atoms with E-state index in [1.54, 1.807) is 0 Å². The number of nitrogens with one attached hydrogen (secondary N) is 1. The van der Waals surface area contributed by atoms with Gasteiger partial charge in [0.25, 0.3) is 0 Å². The van der Waals surface area contributed by atoms with Crippen LogP contribution in [0.3, 0.4) is 0 Å². The molecule has 1 heterocycles. The Morgan fingerprint density at radius 3 is 1.76 bits per heavy atom. The molecular weight excluding hydrogens is 556 g/mol. The van der Waals surface area contributed by atoms with Gasteiger partial charge < -0.3 is 32.0 Å². The third kappa shape index (κ3) is 5.79. The Morgan fingerprint density at radius 2 is 1.29 bits per heavy atom. The van der Waals surface area contributed by atoms with Gasteiger partial charge in [0.2, 0.25) is 5.91 Å². The molecule has 4 nitrogen and oxygen atoms in total. The van der Waals surface area contributed by atoms with Crippen LogP contribution in [0.5, 0.6) is 0 Å². The molecule has 0 spiro atoms. The summed E-state index contributed by atoms with van der Waals surface area (Å²) >= 11 is 0. The van der Waals surface area contributed by atoms with Crippen LogP contribution in [-0.4, -0.2) is 24.2 Å². The van der Waals surface area contributed by atoms with Gasteiger partial charge in [0.05, 0.1) is 19.2 Å². The number of carbonyl (C=O) groups is 1. The number of anilines is 1. The molecule has 4 aromatic rings. The molecule has 0 aromatic heterocycles. The molecule has 0 bridgehead atoms. The summed E-state index contributed by atoms with van der Waals surface area (Å²) in [6.07, 6.45) is 1.09. The number of rotatable bonds is 7. The largest absolute Gasteiger partial charge is 1.00 e. The van der Waals surface area contributed by atoms with E-state index in [0.717, 1.165) is 11.0 Å². The minimum atomic E-state index is -2.12. The number of hydrogen-bond donors (Lipinski definition) is 2. The molecule has 0 saturated carbocycles. The van der Waals surface area contributed by atoms with Gasteiger partial charge in [-0.3, -0.25) is 4.79 Å². The predicted octanol–water partition coefficient (Wildman–Crippen LogP) is 1.16. The van der Waals surface area contributed by atoms with Gasteiger partial charge in [-0.1, -0.05) is 59.2 Å². The minimum Gasteiger partial charge on any atom is -1.00 e. The number of benzene rings is 4. The average Bonchev–Trinajstić information content (AvgIpc) is 3.27. The van der Waals surface area contributed by atoms with E-state index >= 15 is 0 Å². The van der Waals surface area contributed by atoms with Crippen molar-refractivity contribution in [2.75, 3.05) is 11.5 Å². The number of carbonyl (C=O) groups excluding carboxylic acids is 1. The van der Waals surface area contributed by atoms with Crippen LogP contribution < -0.4 is 43.7 Å². The van der Waals surface area contributed by atoms with E-state index in [-0.39, 0.29) is 22.9 Å². The summed E-state index contributed by atoms with van der Waals surface area (Å²) in [6, 6.07) is 32.1. The summed E-state index contributed by atoms with van der Waals surface area (Å²) in [5.41, 5.74) is 6.01. The molecule has 0 unspecified atom stereocenters. The summed E-state index contributed by atoms with van der Waals surface area (Å²) in [6.45, 7) is 6.70. The first-order valence-corrected chi connectivity index (χ1v) is 14.6. The van der Waals surface area contributed by atoms with Crippen LogP contribution in [0.1, 0.15) is 28.7 Å². The highest BCUT2D eigenvalue weighted by atomic mass is 79.9. The van der Waals surface area contributed by atoms with Crippen LogP contribution in [0, 0.1) is 20.8 Å². The Kier molecular flexibility index (Phi) is 8.90. The molecule has 1 aliphatic rings. The molecule has 2 N–H and O–H groups in total. The van der Waals surface area contributed by atoms with Crippen LogP contribution in [0.2, 0.25) is 0 Å². The molecule has 0 atom stereocenters. The van der Waals surface area contributed by atoms with Crippen LogP contribution in [0.4, 0.5) is 5.69 Å². The lowest BCUT2D eigenvalue weighted by atomic mass is 9.79. The van der Waals surface area contributed by atoms with Crippen molar-refractivity contribution in [2.45, 2.75) is 33.8 Å². The van der Waals surface area contributed by atoms with Crippen molar-refractivity contribution in [1.82, 2.24) is 0 Å². The second kappa shape index (κ2) is 12.0. The van der Waals surface area contributed by atoms with Gasteiger partial charge in [-0.05, 0) is 80.3 Å². The Balaban J connectivity index is 0.00000336. The van der Waals surface area contributed by atoms with E-state index in [2.05, 4.69) is 98.9 Å². The van der Waals surface area contributed by atoms with Gasteiger partial charge in [-0.15, -0.1) is 0 Å². The summed E-state index contributed by atoms with van der Waals surface area (Å²) < 4.78 is 5.29. The minimum absolute atomic E-state index is 0. The lowest BCUT2D eigenvalue weighted by Crippen LogP contribution is -3.00. The monoisotopic (exact) mass is 587 g/mol. The zero-order chi connectivity index (χ0) is 26.0. The van der Waals surface area contributed by atoms with Crippen molar-refractivity contribution in [3.05, 3.63) is 113 Å². The van der Waals surface area contributed by atoms with Crippen molar-refractivity contribution in [3.8, 4) is 0 Å².